The van der Waals surface area contributed by atoms with E-state index in [-0.39, 0.29) is 10.7 Å². The van der Waals surface area contributed by atoms with Gasteiger partial charge >= 0.3 is 0 Å². The van der Waals surface area contributed by atoms with Gasteiger partial charge in [0.1, 0.15) is 21.7 Å². The number of nitrogens with one attached hydrogen (secondary N) is 2. The quantitative estimate of drug-likeness (QED) is 0.359. The second kappa shape index (κ2) is 8.60. The van der Waals surface area contributed by atoms with E-state index in [9.17, 15) is 8.42 Å². The van der Waals surface area contributed by atoms with E-state index in [4.69, 9.17) is 4.74 Å². The summed E-state index contributed by atoms with van der Waals surface area (Å²) < 4.78 is 42.6. The Balaban J connectivity index is 1.51. The molecule has 5 rings (SSSR count). The predicted octanol–water partition coefficient (Wildman–Crippen LogP) is 4.06. The largest absolute Gasteiger partial charge is 0.497 e. The van der Waals surface area contributed by atoms with Gasteiger partial charge in [0.2, 0.25) is 0 Å². The highest BCUT2D eigenvalue weighted by Crippen LogP contribution is 2.27. The third-order valence-corrected chi connectivity index (χ3v) is 6.87. The minimum absolute atomic E-state index is 0.0322. The van der Waals surface area contributed by atoms with Crippen LogP contribution in [0, 0.1) is 0 Å². The molecule has 0 fully saturated rings. The molecule has 2 heterocycles. The molecule has 9 nitrogen and oxygen atoms in total. The summed E-state index contributed by atoms with van der Waals surface area (Å²) in [7, 11) is -2.39. The molecular formula is C22H18N6O3S2. The van der Waals surface area contributed by atoms with Gasteiger partial charge in [0.25, 0.3) is 10.0 Å². The van der Waals surface area contributed by atoms with Crippen LogP contribution in [0.1, 0.15) is 5.56 Å². The van der Waals surface area contributed by atoms with E-state index < -0.39 is 10.0 Å². The van der Waals surface area contributed by atoms with Crippen LogP contribution in [0.25, 0.3) is 22.1 Å². The van der Waals surface area contributed by atoms with Gasteiger partial charge in [0.05, 0.1) is 29.9 Å². The summed E-state index contributed by atoms with van der Waals surface area (Å²) in [6.45, 7) is 0.414. The lowest BCUT2D eigenvalue weighted by molar-refractivity contribution is 0.414. The minimum Gasteiger partial charge on any atom is -0.497 e. The number of para-hydroxylation sites is 2. The zero-order valence-corrected chi connectivity index (χ0v) is 19.0. The van der Waals surface area contributed by atoms with E-state index in [1.165, 1.54) is 6.07 Å². The van der Waals surface area contributed by atoms with Crippen LogP contribution in [-0.4, -0.2) is 34.2 Å². The first-order valence-corrected chi connectivity index (χ1v) is 12.1. The van der Waals surface area contributed by atoms with Gasteiger partial charge in [-0.3, -0.25) is 4.72 Å². The van der Waals surface area contributed by atoms with Crippen molar-refractivity contribution in [2.45, 2.75) is 11.4 Å². The molecule has 0 spiro atoms. The molecule has 0 saturated carbocycles. The summed E-state index contributed by atoms with van der Waals surface area (Å²) >= 11 is 0.961. The van der Waals surface area contributed by atoms with Gasteiger partial charge in [-0.05, 0) is 42.0 Å². The number of nitrogens with zero attached hydrogens (tertiary/aromatic N) is 4. The maximum Gasteiger partial charge on any atom is 0.265 e. The van der Waals surface area contributed by atoms with E-state index in [2.05, 4.69) is 28.8 Å². The zero-order chi connectivity index (χ0) is 22.8. The third-order valence-electron chi connectivity index (χ3n) is 4.96. The van der Waals surface area contributed by atoms with Crippen LogP contribution in [0.2, 0.25) is 0 Å². The Kier molecular flexibility index (Phi) is 5.48. The molecule has 5 aromatic rings. The monoisotopic (exact) mass is 478 g/mol. The van der Waals surface area contributed by atoms with Crippen LogP contribution >= 0.6 is 11.7 Å². The summed E-state index contributed by atoms with van der Waals surface area (Å²) in [6.07, 6.45) is 0. The summed E-state index contributed by atoms with van der Waals surface area (Å²) in [6, 6.07) is 19.7. The van der Waals surface area contributed by atoms with Crippen molar-refractivity contribution >= 4 is 55.5 Å². The van der Waals surface area contributed by atoms with E-state index >= 15 is 0 Å². The standard InChI is InChI=1S/C22H18N6O3S2/c1-31-15-11-9-14(10-12-15)13-23-21-22(25-17-6-3-2-5-16(17)24-21)28-33(29,30)19-8-4-7-18-20(19)27-32-26-18/h2-12H,13H2,1H3,(H,23,24)(H,25,28). The predicted molar refractivity (Wildman–Crippen MR) is 128 cm³/mol. The van der Waals surface area contributed by atoms with Crippen molar-refractivity contribution in [3.8, 4) is 5.75 Å². The molecule has 0 aliphatic rings. The lowest BCUT2D eigenvalue weighted by atomic mass is 10.2. The van der Waals surface area contributed by atoms with Gasteiger partial charge in [0.15, 0.2) is 11.6 Å². The number of ether oxygens (including phenoxy) is 1. The molecule has 0 aliphatic carbocycles. The van der Waals surface area contributed by atoms with Crippen molar-refractivity contribution in [2.24, 2.45) is 0 Å². The maximum absolute atomic E-state index is 13.3. The van der Waals surface area contributed by atoms with Gasteiger partial charge in [-0.15, -0.1) is 0 Å². The number of fused-ring (bicyclic) bond motifs is 2. The Bertz CT molecular complexity index is 1550. The number of sulfonamides is 1. The highest BCUT2D eigenvalue weighted by molar-refractivity contribution is 7.93. The van der Waals surface area contributed by atoms with Crippen molar-refractivity contribution in [2.75, 3.05) is 17.1 Å². The van der Waals surface area contributed by atoms with Crippen molar-refractivity contribution in [3.63, 3.8) is 0 Å². The van der Waals surface area contributed by atoms with Gasteiger partial charge in [-0.25, -0.2) is 18.4 Å². The van der Waals surface area contributed by atoms with Crippen LogP contribution in [0.4, 0.5) is 11.6 Å². The molecule has 0 unspecified atom stereocenters. The summed E-state index contributed by atoms with van der Waals surface area (Å²) in [5.74, 6) is 1.17. The second-order valence-corrected chi connectivity index (χ2v) is 9.28. The van der Waals surface area contributed by atoms with Gasteiger partial charge in [-0.1, -0.05) is 30.3 Å². The number of benzene rings is 3. The van der Waals surface area contributed by atoms with Crippen LogP contribution in [0.3, 0.4) is 0 Å². The number of methoxy groups -OCH3 is 1. The van der Waals surface area contributed by atoms with E-state index in [0.29, 0.717) is 34.4 Å². The first-order valence-electron chi connectivity index (χ1n) is 9.91. The molecule has 0 bridgehead atoms. The number of rotatable bonds is 7. The summed E-state index contributed by atoms with van der Waals surface area (Å²) in [5, 5.41) is 3.20. The molecule has 3 aromatic carbocycles. The van der Waals surface area contributed by atoms with E-state index in [1.54, 1.807) is 25.3 Å². The lowest BCUT2D eigenvalue weighted by Gasteiger charge is -2.14. The topological polar surface area (TPSA) is 119 Å². The van der Waals surface area contributed by atoms with Crippen molar-refractivity contribution in [3.05, 3.63) is 72.3 Å². The average Bonchev–Trinajstić information content (AvgIpc) is 3.32. The molecule has 0 atom stereocenters. The van der Waals surface area contributed by atoms with Crippen molar-refractivity contribution < 1.29 is 13.2 Å². The first kappa shape index (κ1) is 21.0. The number of hydrogen-bond acceptors (Lipinski definition) is 9. The first-order chi connectivity index (χ1) is 16.0. The fourth-order valence-corrected chi connectivity index (χ4v) is 5.08. The summed E-state index contributed by atoms with van der Waals surface area (Å²) in [4.78, 5) is 9.16. The van der Waals surface area contributed by atoms with Crippen LogP contribution < -0.4 is 14.8 Å². The highest BCUT2D eigenvalue weighted by atomic mass is 32.2. The Morgan fingerprint density at radius 2 is 1.55 bits per heavy atom. The highest BCUT2D eigenvalue weighted by Gasteiger charge is 2.22. The van der Waals surface area contributed by atoms with Crippen molar-refractivity contribution in [1.82, 2.24) is 18.7 Å². The van der Waals surface area contributed by atoms with Crippen molar-refractivity contribution in [1.29, 1.82) is 0 Å². The number of anilines is 2. The van der Waals surface area contributed by atoms with E-state index in [1.807, 2.05) is 42.5 Å². The maximum atomic E-state index is 13.3. The second-order valence-electron chi connectivity index (χ2n) is 7.10. The molecule has 0 saturated heterocycles. The van der Waals surface area contributed by atoms with E-state index in [0.717, 1.165) is 23.0 Å². The molecule has 166 valence electrons. The van der Waals surface area contributed by atoms with Gasteiger partial charge in [-0.2, -0.15) is 8.75 Å². The minimum atomic E-state index is -4.00. The molecule has 0 aliphatic heterocycles. The number of aromatic nitrogens is 4. The molecule has 2 N–H and O–H groups in total. The zero-order valence-electron chi connectivity index (χ0n) is 17.4. The lowest BCUT2D eigenvalue weighted by Crippen LogP contribution is -2.17. The average molecular weight is 479 g/mol. The molecule has 33 heavy (non-hydrogen) atoms. The number of hydrogen-bond donors (Lipinski definition) is 2. The molecule has 2 aromatic heterocycles. The Morgan fingerprint density at radius 1 is 0.848 bits per heavy atom. The summed E-state index contributed by atoms with van der Waals surface area (Å²) in [5.41, 5.74) is 3.02. The van der Waals surface area contributed by atoms with Gasteiger partial charge in [0, 0.05) is 6.54 Å². The smallest absolute Gasteiger partial charge is 0.265 e. The Labute approximate surface area is 193 Å². The fraction of sp³-hybridized carbons (Fsp3) is 0.0909. The fourth-order valence-electron chi connectivity index (χ4n) is 3.30. The molecule has 11 heteroatoms. The molecule has 0 radical (unpaired) electrons. The van der Waals surface area contributed by atoms with Gasteiger partial charge < -0.3 is 10.1 Å². The Morgan fingerprint density at radius 3 is 2.27 bits per heavy atom. The Hall–Kier alpha value is -3.83. The van der Waals surface area contributed by atoms with Crippen LogP contribution in [0.15, 0.2) is 71.6 Å². The SMILES string of the molecule is COc1ccc(CNc2nc3ccccc3nc2NS(=O)(=O)c2cccc3nsnc23)cc1. The molecule has 0 amide bonds. The molecular weight excluding hydrogens is 460 g/mol. The third kappa shape index (κ3) is 4.28. The van der Waals surface area contributed by atoms with Crippen LogP contribution in [-0.2, 0) is 16.6 Å². The van der Waals surface area contributed by atoms with Crippen LogP contribution in [0.5, 0.6) is 5.75 Å². The normalized spacial score (nSPS) is 11.5.